The number of carbonyl (C=O) groups is 1. The molecular weight excluding hydrogens is 309 g/mol. The number of hydrogen-bond donors (Lipinski definition) is 1. The highest BCUT2D eigenvalue weighted by Crippen LogP contribution is 2.24. The van der Waals surface area contributed by atoms with Gasteiger partial charge in [0.05, 0.1) is 0 Å². The van der Waals surface area contributed by atoms with Crippen molar-refractivity contribution in [2.24, 2.45) is 0 Å². The second-order valence-electron chi connectivity index (χ2n) is 4.52. The summed E-state index contributed by atoms with van der Waals surface area (Å²) in [6, 6.07) is 7.56. The van der Waals surface area contributed by atoms with Gasteiger partial charge in [-0.1, -0.05) is 15.9 Å². The number of nitrogen functional groups attached to an aromatic ring is 1. The monoisotopic (exact) mass is 321 g/mol. The molecule has 0 aliphatic rings. The molecule has 0 bridgehead atoms. The highest BCUT2D eigenvalue weighted by atomic mass is 79.9. The summed E-state index contributed by atoms with van der Waals surface area (Å²) in [4.78, 5) is 12.4. The minimum Gasteiger partial charge on any atom is -0.399 e. The Morgan fingerprint density at radius 2 is 1.79 bits per heavy atom. The predicted molar refractivity (Wildman–Crippen MR) is 77.9 cm³/mol. The third-order valence-corrected chi connectivity index (χ3v) is 3.79. The van der Waals surface area contributed by atoms with Gasteiger partial charge in [-0.2, -0.15) is 0 Å². The molecule has 0 heterocycles. The average Bonchev–Trinajstić information content (AvgIpc) is 2.31. The molecule has 4 heteroatoms. The predicted octanol–water partition coefficient (Wildman–Crippen LogP) is 4.02. The molecule has 2 nitrogen and oxygen atoms in total. The summed E-state index contributed by atoms with van der Waals surface area (Å²) in [5.74, 6) is -0.728. The van der Waals surface area contributed by atoms with Crippen molar-refractivity contribution in [1.29, 1.82) is 0 Å². The van der Waals surface area contributed by atoms with E-state index in [2.05, 4.69) is 15.9 Å². The van der Waals surface area contributed by atoms with Crippen molar-refractivity contribution in [3.8, 4) is 0 Å². The minimum atomic E-state index is -0.505. The van der Waals surface area contributed by atoms with Gasteiger partial charge in [-0.25, -0.2) is 4.39 Å². The Balaban J connectivity index is 2.53. The number of anilines is 1. The molecule has 98 valence electrons. The van der Waals surface area contributed by atoms with E-state index >= 15 is 0 Å². The van der Waals surface area contributed by atoms with Crippen LogP contribution in [0.2, 0.25) is 0 Å². The van der Waals surface area contributed by atoms with E-state index in [1.807, 2.05) is 19.9 Å². The molecule has 0 radical (unpaired) electrons. The highest BCUT2D eigenvalue weighted by molar-refractivity contribution is 9.10. The fraction of sp³-hybridized carbons (Fsp3) is 0.133. The number of nitrogens with two attached hydrogens (primary N) is 1. The summed E-state index contributed by atoms with van der Waals surface area (Å²) >= 11 is 3.42. The summed E-state index contributed by atoms with van der Waals surface area (Å²) in [6.45, 7) is 3.75. The van der Waals surface area contributed by atoms with Gasteiger partial charge < -0.3 is 5.73 Å². The van der Waals surface area contributed by atoms with Gasteiger partial charge in [-0.05, 0) is 55.3 Å². The first-order valence-corrected chi connectivity index (χ1v) is 6.55. The Morgan fingerprint density at radius 1 is 1.11 bits per heavy atom. The molecule has 0 spiro atoms. The lowest BCUT2D eigenvalue weighted by atomic mass is 9.97. The molecule has 0 saturated heterocycles. The van der Waals surface area contributed by atoms with Gasteiger partial charge in [0.2, 0.25) is 0 Å². The van der Waals surface area contributed by atoms with Crippen LogP contribution in [0.1, 0.15) is 27.0 Å². The standard InChI is InChI=1S/C15H13BrFNO/c1-8-4-14(16)9(2)3-13(8)15(19)10-5-11(17)7-12(18)6-10/h3-7H,18H2,1-2H3. The van der Waals surface area contributed by atoms with Crippen LogP contribution in [0.15, 0.2) is 34.8 Å². The average molecular weight is 322 g/mol. The molecule has 0 unspecified atom stereocenters. The molecule has 2 aromatic carbocycles. The molecule has 2 rings (SSSR count). The van der Waals surface area contributed by atoms with Crippen LogP contribution in [0.4, 0.5) is 10.1 Å². The number of hydrogen-bond acceptors (Lipinski definition) is 2. The summed E-state index contributed by atoms with van der Waals surface area (Å²) in [5, 5.41) is 0. The molecule has 0 aliphatic carbocycles. The molecule has 0 fully saturated rings. The van der Waals surface area contributed by atoms with Crippen LogP contribution in [0.25, 0.3) is 0 Å². The second kappa shape index (κ2) is 5.13. The number of aryl methyl sites for hydroxylation is 2. The Kier molecular flexibility index (Phi) is 3.71. The third-order valence-electron chi connectivity index (χ3n) is 2.93. The summed E-state index contributed by atoms with van der Waals surface area (Å²) in [5.41, 5.74) is 8.43. The zero-order valence-corrected chi connectivity index (χ0v) is 12.2. The maximum Gasteiger partial charge on any atom is 0.193 e. The maximum absolute atomic E-state index is 13.3. The molecule has 0 aliphatic heterocycles. The van der Waals surface area contributed by atoms with Crippen molar-refractivity contribution in [1.82, 2.24) is 0 Å². The van der Waals surface area contributed by atoms with Crippen molar-refractivity contribution in [3.05, 3.63) is 62.9 Å². The Hall–Kier alpha value is -1.68. The van der Waals surface area contributed by atoms with E-state index < -0.39 is 5.82 Å². The lowest BCUT2D eigenvalue weighted by Gasteiger charge is -2.09. The largest absolute Gasteiger partial charge is 0.399 e. The molecule has 2 N–H and O–H groups in total. The lowest BCUT2D eigenvalue weighted by Crippen LogP contribution is -2.06. The maximum atomic E-state index is 13.3. The van der Waals surface area contributed by atoms with Crippen LogP contribution in [-0.4, -0.2) is 5.78 Å². The van der Waals surface area contributed by atoms with Crippen LogP contribution < -0.4 is 5.73 Å². The van der Waals surface area contributed by atoms with Gasteiger partial charge in [-0.15, -0.1) is 0 Å². The Morgan fingerprint density at radius 3 is 2.42 bits per heavy atom. The zero-order valence-electron chi connectivity index (χ0n) is 10.6. The smallest absolute Gasteiger partial charge is 0.193 e. The zero-order chi connectivity index (χ0) is 14.2. The van der Waals surface area contributed by atoms with E-state index in [4.69, 9.17) is 5.73 Å². The van der Waals surface area contributed by atoms with E-state index in [1.54, 1.807) is 6.07 Å². The molecular formula is C15H13BrFNO. The van der Waals surface area contributed by atoms with Crippen molar-refractivity contribution < 1.29 is 9.18 Å². The number of benzene rings is 2. The van der Waals surface area contributed by atoms with Crippen molar-refractivity contribution >= 4 is 27.4 Å². The van der Waals surface area contributed by atoms with Gasteiger partial charge >= 0.3 is 0 Å². The summed E-state index contributed by atoms with van der Waals surface area (Å²) in [7, 11) is 0. The van der Waals surface area contributed by atoms with Crippen molar-refractivity contribution in [2.75, 3.05) is 5.73 Å². The minimum absolute atomic E-state index is 0.223. The van der Waals surface area contributed by atoms with Gasteiger partial charge in [0.1, 0.15) is 5.82 Å². The Bertz CT molecular complexity index is 647. The van der Waals surface area contributed by atoms with Crippen molar-refractivity contribution in [2.45, 2.75) is 13.8 Å². The van der Waals surface area contributed by atoms with Crippen LogP contribution in [0.3, 0.4) is 0 Å². The SMILES string of the molecule is Cc1cc(C(=O)c2cc(N)cc(F)c2)c(C)cc1Br. The summed E-state index contributed by atoms with van der Waals surface area (Å²) in [6.07, 6.45) is 0. The van der Waals surface area contributed by atoms with Crippen LogP contribution in [0.5, 0.6) is 0 Å². The van der Waals surface area contributed by atoms with Crippen molar-refractivity contribution in [3.63, 3.8) is 0 Å². The molecule has 0 saturated carbocycles. The van der Waals surface area contributed by atoms with Crippen LogP contribution in [0, 0.1) is 19.7 Å². The van der Waals surface area contributed by atoms with Gasteiger partial charge in [0, 0.05) is 21.3 Å². The highest BCUT2D eigenvalue weighted by Gasteiger charge is 2.14. The fourth-order valence-corrected chi connectivity index (χ4v) is 2.38. The topological polar surface area (TPSA) is 43.1 Å². The number of carbonyl (C=O) groups excluding carboxylic acids is 1. The summed E-state index contributed by atoms with van der Waals surface area (Å²) < 4.78 is 14.3. The van der Waals surface area contributed by atoms with E-state index in [1.165, 1.54) is 18.2 Å². The molecule has 0 atom stereocenters. The van der Waals surface area contributed by atoms with Crippen LogP contribution in [-0.2, 0) is 0 Å². The first kappa shape index (κ1) is 13.7. The quantitative estimate of drug-likeness (QED) is 0.670. The van der Waals surface area contributed by atoms with Gasteiger partial charge in [-0.3, -0.25) is 4.79 Å². The normalized spacial score (nSPS) is 10.5. The van der Waals surface area contributed by atoms with Crippen LogP contribution >= 0.6 is 15.9 Å². The Labute approximate surface area is 119 Å². The van der Waals surface area contributed by atoms with E-state index in [0.29, 0.717) is 5.56 Å². The van der Waals surface area contributed by atoms with Gasteiger partial charge in [0.25, 0.3) is 0 Å². The van der Waals surface area contributed by atoms with E-state index in [9.17, 15) is 9.18 Å². The molecule has 0 amide bonds. The van der Waals surface area contributed by atoms with E-state index in [-0.39, 0.29) is 17.0 Å². The molecule has 19 heavy (non-hydrogen) atoms. The molecule has 2 aromatic rings. The van der Waals surface area contributed by atoms with Gasteiger partial charge in [0.15, 0.2) is 5.78 Å². The number of rotatable bonds is 2. The lowest BCUT2D eigenvalue weighted by molar-refractivity contribution is 0.103. The molecule has 0 aromatic heterocycles. The number of halogens is 2. The fourth-order valence-electron chi connectivity index (χ4n) is 1.92. The van der Waals surface area contributed by atoms with E-state index in [0.717, 1.165) is 15.6 Å². The second-order valence-corrected chi connectivity index (χ2v) is 5.37. The first-order chi connectivity index (χ1) is 8.88. The third kappa shape index (κ3) is 2.84. The first-order valence-electron chi connectivity index (χ1n) is 5.76. The number of ketones is 1.